The second kappa shape index (κ2) is 12.5. The van der Waals surface area contributed by atoms with Crippen molar-refractivity contribution >= 4 is 12.0 Å². The number of carbonyl (C=O) groups is 2. The lowest BCUT2D eigenvalue weighted by atomic mass is 9.90. The summed E-state index contributed by atoms with van der Waals surface area (Å²) >= 11 is 0. The topological polar surface area (TPSA) is 85.7 Å². The monoisotopic (exact) mass is 586 g/mol. The SMILES string of the molecule is Cc1ccc(-n2ncc(C(=O)NCCOc3cccc(C(F)(F)F)c3)c2C2CCN(C(=O)OC(C)(C)C)CC2)cc1C. The van der Waals surface area contributed by atoms with Gasteiger partial charge in [-0.25, -0.2) is 9.48 Å². The van der Waals surface area contributed by atoms with Crippen LogP contribution in [0.25, 0.3) is 5.69 Å². The third-order valence-electron chi connectivity index (χ3n) is 7.14. The van der Waals surface area contributed by atoms with Gasteiger partial charge in [-0.15, -0.1) is 0 Å². The van der Waals surface area contributed by atoms with Crippen LogP contribution in [0.2, 0.25) is 0 Å². The molecule has 0 unspecified atom stereocenters. The van der Waals surface area contributed by atoms with E-state index in [4.69, 9.17) is 9.47 Å². The molecule has 42 heavy (non-hydrogen) atoms. The zero-order chi connectivity index (χ0) is 30.7. The second-order valence-electron chi connectivity index (χ2n) is 11.5. The van der Waals surface area contributed by atoms with Crippen LogP contribution >= 0.6 is 0 Å². The summed E-state index contributed by atoms with van der Waals surface area (Å²) in [7, 11) is 0. The van der Waals surface area contributed by atoms with Crippen LogP contribution in [-0.2, 0) is 10.9 Å². The predicted octanol–water partition coefficient (Wildman–Crippen LogP) is 6.43. The third-order valence-corrected chi connectivity index (χ3v) is 7.14. The van der Waals surface area contributed by atoms with Crippen molar-refractivity contribution in [2.45, 2.75) is 65.2 Å². The highest BCUT2D eigenvalue weighted by Gasteiger charge is 2.33. The third kappa shape index (κ3) is 7.63. The van der Waals surface area contributed by atoms with Crippen LogP contribution in [0.1, 0.15) is 72.3 Å². The molecule has 0 radical (unpaired) electrons. The molecule has 1 aromatic heterocycles. The number of alkyl halides is 3. The van der Waals surface area contributed by atoms with Crippen molar-refractivity contribution < 1.29 is 32.2 Å². The van der Waals surface area contributed by atoms with E-state index >= 15 is 0 Å². The average Bonchev–Trinajstić information content (AvgIpc) is 3.37. The number of piperidine rings is 1. The number of aryl methyl sites for hydroxylation is 2. The zero-order valence-electron chi connectivity index (χ0n) is 24.5. The first-order chi connectivity index (χ1) is 19.7. The number of nitrogens with zero attached hydrogens (tertiary/aromatic N) is 3. The minimum absolute atomic E-state index is 0.0119. The van der Waals surface area contributed by atoms with Gasteiger partial charge in [-0.1, -0.05) is 12.1 Å². The molecule has 1 N–H and O–H groups in total. The standard InChI is InChI=1S/C31H37F3N4O4/c1-20-9-10-24(17-21(20)2)38-27(22-11-14-37(15-12-22)29(40)42-30(3,4)5)26(19-36-38)28(39)35-13-16-41-25-8-6-7-23(18-25)31(32,33)34/h6-10,17-19,22H,11-16H2,1-5H3,(H,35,39). The van der Waals surface area contributed by atoms with Crippen molar-refractivity contribution in [2.75, 3.05) is 26.2 Å². The fraction of sp³-hybridized carbons (Fsp3) is 0.452. The van der Waals surface area contributed by atoms with Crippen LogP contribution in [0, 0.1) is 13.8 Å². The van der Waals surface area contributed by atoms with Gasteiger partial charge < -0.3 is 19.7 Å². The average molecular weight is 587 g/mol. The molecule has 1 saturated heterocycles. The summed E-state index contributed by atoms with van der Waals surface area (Å²) in [6, 6.07) is 10.6. The molecule has 0 atom stereocenters. The quantitative estimate of drug-likeness (QED) is 0.323. The Labute approximate surface area is 243 Å². The van der Waals surface area contributed by atoms with Gasteiger partial charge in [0.1, 0.15) is 18.0 Å². The molecule has 2 aromatic carbocycles. The molecule has 0 spiro atoms. The molecule has 8 nitrogen and oxygen atoms in total. The number of halogens is 3. The van der Waals surface area contributed by atoms with Gasteiger partial charge in [0.05, 0.1) is 35.2 Å². The molecule has 4 rings (SSSR count). The number of benzene rings is 2. The van der Waals surface area contributed by atoms with Crippen molar-refractivity contribution in [3.63, 3.8) is 0 Å². The Morgan fingerprint density at radius 3 is 2.38 bits per heavy atom. The largest absolute Gasteiger partial charge is 0.492 e. The molecule has 1 fully saturated rings. The summed E-state index contributed by atoms with van der Waals surface area (Å²) in [5.74, 6) is -0.337. The maximum absolute atomic E-state index is 13.3. The molecular weight excluding hydrogens is 549 g/mol. The fourth-order valence-corrected chi connectivity index (χ4v) is 4.84. The number of likely N-dealkylation sites (tertiary alicyclic amines) is 1. The van der Waals surface area contributed by atoms with E-state index in [1.165, 1.54) is 18.3 Å². The van der Waals surface area contributed by atoms with Crippen molar-refractivity contribution in [3.05, 3.63) is 76.6 Å². The first-order valence-corrected chi connectivity index (χ1v) is 13.9. The minimum Gasteiger partial charge on any atom is -0.492 e. The van der Waals surface area contributed by atoms with Crippen molar-refractivity contribution in [3.8, 4) is 11.4 Å². The fourth-order valence-electron chi connectivity index (χ4n) is 4.84. The Hall–Kier alpha value is -4.02. The Kier molecular flexibility index (Phi) is 9.18. The second-order valence-corrected chi connectivity index (χ2v) is 11.5. The van der Waals surface area contributed by atoms with E-state index in [9.17, 15) is 22.8 Å². The summed E-state index contributed by atoms with van der Waals surface area (Å²) in [6.07, 6.45) is -2.05. The lowest BCUT2D eigenvalue weighted by Crippen LogP contribution is -2.41. The van der Waals surface area contributed by atoms with Gasteiger partial charge in [-0.2, -0.15) is 18.3 Å². The lowest BCUT2D eigenvalue weighted by molar-refractivity contribution is -0.137. The number of aromatic nitrogens is 2. The van der Waals surface area contributed by atoms with Crippen LogP contribution in [0.3, 0.4) is 0 Å². The molecule has 226 valence electrons. The number of carbonyl (C=O) groups excluding carboxylic acids is 2. The number of hydrogen-bond acceptors (Lipinski definition) is 5. The van der Waals surface area contributed by atoms with Gasteiger partial charge in [0.2, 0.25) is 0 Å². The summed E-state index contributed by atoms with van der Waals surface area (Å²) in [4.78, 5) is 27.6. The molecule has 1 aliphatic rings. The van der Waals surface area contributed by atoms with Crippen LogP contribution in [0.15, 0.2) is 48.7 Å². The summed E-state index contributed by atoms with van der Waals surface area (Å²) in [5.41, 5.74) is 2.82. The smallest absolute Gasteiger partial charge is 0.416 e. The Balaban J connectivity index is 1.49. The molecule has 3 aromatic rings. The first kappa shape index (κ1) is 30.9. The van der Waals surface area contributed by atoms with Crippen molar-refractivity contribution in [1.82, 2.24) is 20.0 Å². The maximum atomic E-state index is 13.3. The van der Waals surface area contributed by atoms with Crippen molar-refractivity contribution in [1.29, 1.82) is 0 Å². The number of rotatable bonds is 7. The number of amides is 2. The minimum atomic E-state index is -4.47. The number of nitrogens with one attached hydrogen (secondary N) is 1. The molecule has 2 amide bonds. The van der Waals surface area contributed by atoms with Gasteiger partial charge in [0.15, 0.2) is 0 Å². The lowest BCUT2D eigenvalue weighted by Gasteiger charge is -2.34. The molecular formula is C31H37F3N4O4. The Morgan fingerprint density at radius 1 is 1.02 bits per heavy atom. The maximum Gasteiger partial charge on any atom is 0.416 e. The number of ether oxygens (including phenoxy) is 2. The highest BCUT2D eigenvalue weighted by molar-refractivity contribution is 5.95. The first-order valence-electron chi connectivity index (χ1n) is 13.9. The van der Waals surface area contributed by atoms with Gasteiger partial charge in [0, 0.05) is 19.0 Å². The van der Waals surface area contributed by atoms with E-state index in [0.29, 0.717) is 31.5 Å². The van der Waals surface area contributed by atoms with E-state index < -0.39 is 17.3 Å². The predicted molar refractivity (Wildman–Crippen MR) is 152 cm³/mol. The van der Waals surface area contributed by atoms with Crippen molar-refractivity contribution in [2.24, 2.45) is 0 Å². The van der Waals surface area contributed by atoms with Crippen LogP contribution in [-0.4, -0.2) is 58.5 Å². The van der Waals surface area contributed by atoms with Gasteiger partial charge in [-0.05, 0) is 88.9 Å². The van der Waals surface area contributed by atoms with E-state index in [0.717, 1.165) is 34.6 Å². The molecule has 0 aliphatic carbocycles. The molecule has 2 heterocycles. The number of hydrogen-bond donors (Lipinski definition) is 1. The van der Waals surface area contributed by atoms with E-state index in [1.54, 1.807) is 9.58 Å². The molecule has 11 heteroatoms. The van der Waals surface area contributed by atoms with Gasteiger partial charge >= 0.3 is 12.3 Å². The normalized spacial score (nSPS) is 14.5. The van der Waals surface area contributed by atoms with E-state index in [1.807, 2.05) is 52.8 Å². The Bertz CT molecular complexity index is 1420. The van der Waals surface area contributed by atoms with Crippen LogP contribution < -0.4 is 10.1 Å². The molecule has 0 bridgehead atoms. The Morgan fingerprint density at radius 2 is 1.74 bits per heavy atom. The van der Waals surface area contributed by atoms with Gasteiger partial charge in [0.25, 0.3) is 5.91 Å². The zero-order valence-corrected chi connectivity index (χ0v) is 24.5. The van der Waals surface area contributed by atoms with Gasteiger partial charge in [-0.3, -0.25) is 4.79 Å². The molecule has 0 saturated carbocycles. The van der Waals surface area contributed by atoms with Crippen LogP contribution in [0.5, 0.6) is 5.75 Å². The van der Waals surface area contributed by atoms with E-state index in [-0.39, 0.29) is 36.8 Å². The summed E-state index contributed by atoms with van der Waals surface area (Å²) < 4.78 is 51.7. The molecule has 1 aliphatic heterocycles. The highest BCUT2D eigenvalue weighted by Crippen LogP contribution is 2.34. The summed E-state index contributed by atoms with van der Waals surface area (Å²) in [5, 5.41) is 7.38. The summed E-state index contributed by atoms with van der Waals surface area (Å²) in [6.45, 7) is 10.5. The van der Waals surface area contributed by atoms with Crippen LogP contribution in [0.4, 0.5) is 18.0 Å². The van der Waals surface area contributed by atoms with E-state index in [2.05, 4.69) is 10.4 Å². The highest BCUT2D eigenvalue weighted by atomic mass is 19.4.